The maximum Gasteiger partial charge on any atom is 0.338 e. The highest BCUT2D eigenvalue weighted by Crippen LogP contribution is 2.28. The van der Waals surface area contributed by atoms with Crippen molar-refractivity contribution >= 4 is 5.97 Å². The summed E-state index contributed by atoms with van der Waals surface area (Å²) in [5, 5.41) is 0. The predicted octanol–water partition coefficient (Wildman–Crippen LogP) is 3.17. The number of hydrogen-bond acceptors (Lipinski definition) is 5. The Morgan fingerprint density at radius 1 is 1.17 bits per heavy atom. The van der Waals surface area contributed by atoms with Crippen LogP contribution in [0.2, 0.25) is 0 Å². The van der Waals surface area contributed by atoms with Crippen LogP contribution in [0.1, 0.15) is 43.0 Å². The molecule has 5 nitrogen and oxygen atoms in total. The summed E-state index contributed by atoms with van der Waals surface area (Å²) >= 11 is 0. The number of carbonyl (C=O) groups excluding carboxylic acids is 1. The summed E-state index contributed by atoms with van der Waals surface area (Å²) in [7, 11) is 0. The van der Waals surface area contributed by atoms with E-state index >= 15 is 0 Å². The molecule has 2 aliphatic heterocycles. The molecule has 0 aromatic heterocycles. The van der Waals surface area contributed by atoms with Crippen molar-refractivity contribution in [1.82, 2.24) is 0 Å². The summed E-state index contributed by atoms with van der Waals surface area (Å²) in [5.41, 5.74) is 0.513. The van der Waals surface area contributed by atoms with Crippen molar-refractivity contribution in [2.75, 3.05) is 19.8 Å². The third-order valence-corrected chi connectivity index (χ3v) is 4.38. The van der Waals surface area contributed by atoms with Gasteiger partial charge in [0.05, 0.1) is 31.5 Å². The summed E-state index contributed by atoms with van der Waals surface area (Å²) in [6, 6.07) is 7.09. The van der Waals surface area contributed by atoms with Crippen LogP contribution in [0.3, 0.4) is 0 Å². The lowest BCUT2D eigenvalue weighted by molar-refractivity contribution is -0.0141. The van der Waals surface area contributed by atoms with E-state index in [1.54, 1.807) is 12.1 Å². The van der Waals surface area contributed by atoms with E-state index in [1.807, 2.05) is 18.6 Å². The first-order chi connectivity index (χ1) is 11.8. The number of hydrogen-bond donors (Lipinski definition) is 0. The van der Waals surface area contributed by atoms with Crippen molar-refractivity contribution in [3.05, 3.63) is 36.2 Å². The second-order valence-electron chi connectivity index (χ2n) is 6.21. The monoisotopic (exact) mass is 333 g/mol. The predicted molar refractivity (Wildman–Crippen MR) is 89.1 cm³/mol. The minimum Gasteiger partial charge on any atom is -0.494 e. The average Bonchev–Trinajstić information content (AvgIpc) is 3.20. The largest absolute Gasteiger partial charge is 0.494 e. The number of unbranched alkanes of at least 4 members (excludes halogenated alkanes) is 3. The standard InChI is InChI=1S/C19H25O5/c1-2-3-4-5-11-21-15-8-6-14(7-9-15)19(20)24-17-13-23-16-10-12-22-18(16)17/h6-10,16-18H,2-5,11-13H2,1H3/t16-,17-,18+/m1/s1. The highest BCUT2D eigenvalue weighted by atomic mass is 16.6. The molecule has 2 saturated heterocycles. The van der Waals surface area contributed by atoms with Crippen LogP contribution in [0.25, 0.3) is 0 Å². The fraction of sp³-hybridized carbons (Fsp3) is 0.579. The van der Waals surface area contributed by atoms with Gasteiger partial charge in [0.15, 0.2) is 6.10 Å². The molecule has 0 bridgehead atoms. The molecular weight excluding hydrogens is 308 g/mol. The van der Waals surface area contributed by atoms with E-state index in [1.165, 1.54) is 19.3 Å². The Morgan fingerprint density at radius 2 is 2.00 bits per heavy atom. The summed E-state index contributed by atoms with van der Waals surface area (Å²) in [6.45, 7) is 3.83. The van der Waals surface area contributed by atoms with Gasteiger partial charge in [0, 0.05) is 6.42 Å². The molecule has 0 aliphatic carbocycles. The van der Waals surface area contributed by atoms with E-state index in [4.69, 9.17) is 18.9 Å². The molecule has 2 aliphatic rings. The fourth-order valence-corrected chi connectivity index (χ4v) is 2.99. The van der Waals surface area contributed by atoms with E-state index < -0.39 is 0 Å². The average molecular weight is 333 g/mol. The molecule has 1 radical (unpaired) electrons. The van der Waals surface area contributed by atoms with Crippen LogP contribution in [-0.2, 0) is 14.2 Å². The minimum atomic E-state index is -0.353. The van der Waals surface area contributed by atoms with Crippen LogP contribution in [-0.4, -0.2) is 44.1 Å². The topological polar surface area (TPSA) is 54.0 Å². The van der Waals surface area contributed by atoms with Gasteiger partial charge in [0.25, 0.3) is 0 Å². The molecule has 1 aromatic carbocycles. The normalized spacial score (nSPS) is 25.5. The SMILES string of the molecule is CCCCCCOc1ccc(C(=O)O[C@@H]2CO[C@@H]3[CH]CO[C@@H]32)cc1. The zero-order chi connectivity index (χ0) is 16.8. The fourth-order valence-electron chi connectivity index (χ4n) is 2.99. The number of ether oxygens (including phenoxy) is 4. The van der Waals surface area contributed by atoms with Gasteiger partial charge in [-0.05, 0) is 30.7 Å². The van der Waals surface area contributed by atoms with Crippen LogP contribution >= 0.6 is 0 Å². The van der Waals surface area contributed by atoms with Gasteiger partial charge in [0.2, 0.25) is 0 Å². The number of carbonyl (C=O) groups is 1. The minimum absolute atomic E-state index is 0.0497. The van der Waals surface area contributed by atoms with E-state index in [2.05, 4.69) is 6.92 Å². The van der Waals surface area contributed by atoms with E-state index in [9.17, 15) is 4.79 Å². The molecule has 2 fully saturated rings. The first-order valence-corrected chi connectivity index (χ1v) is 8.78. The maximum absolute atomic E-state index is 12.2. The second-order valence-corrected chi connectivity index (χ2v) is 6.21. The van der Waals surface area contributed by atoms with E-state index in [-0.39, 0.29) is 24.3 Å². The Hall–Kier alpha value is -1.59. The van der Waals surface area contributed by atoms with Gasteiger partial charge in [-0.3, -0.25) is 0 Å². The second kappa shape index (κ2) is 8.49. The van der Waals surface area contributed by atoms with Crippen LogP contribution in [0, 0.1) is 6.42 Å². The molecule has 5 heteroatoms. The van der Waals surface area contributed by atoms with E-state index in [0.29, 0.717) is 25.4 Å². The Labute approximate surface area is 143 Å². The van der Waals surface area contributed by atoms with Gasteiger partial charge in [-0.25, -0.2) is 4.79 Å². The van der Waals surface area contributed by atoms with Crippen LogP contribution < -0.4 is 4.74 Å². The van der Waals surface area contributed by atoms with Crippen molar-refractivity contribution in [1.29, 1.82) is 0 Å². The van der Waals surface area contributed by atoms with Crippen molar-refractivity contribution < 1.29 is 23.7 Å². The summed E-state index contributed by atoms with van der Waals surface area (Å²) < 4.78 is 22.3. The molecule has 0 spiro atoms. The van der Waals surface area contributed by atoms with Crippen LogP contribution in [0.5, 0.6) is 5.75 Å². The highest BCUT2D eigenvalue weighted by Gasteiger charge is 2.44. The third kappa shape index (κ3) is 4.28. The van der Waals surface area contributed by atoms with Crippen molar-refractivity contribution in [2.24, 2.45) is 0 Å². The number of benzene rings is 1. The molecule has 0 unspecified atom stereocenters. The quantitative estimate of drug-likeness (QED) is 0.540. The zero-order valence-corrected chi connectivity index (χ0v) is 14.1. The molecule has 3 atom stereocenters. The lowest BCUT2D eigenvalue weighted by Gasteiger charge is -2.16. The summed E-state index contributed by atoms with van der Waals surface area (Å²) in [6.07, 6.45) is 6.10. The van der Waals surface area contributed by atoms with Gasteiger partial charge in [-0.1, -0.05) is 26.2 Å². The molecule has 1 aromatic rings. The molecule has 3 rings (SSSR count). The number of esters is 1. The van der Waals surface area contributed by atoms with Crippen molar-refractivity contribution in [3.8, 4) is 5.75 Å². The smallest absolute Gasteiger partial charge is 0.338 e. The first-order valence-electron chi connectivity index (χ1n) is 8.78. The van der Waals surface area contributed by atoms with Gasteiger partial charge in [-0.15, -0.1) is 0 Å². The number of rotatable bonds is 8. The molecule has 131 valence electrons. The Kier molecular flexibility index (Phi) is 6.10. The zero-order valence-electron chi connectivity index (χ0n) is 14.1. The molecular formula is C19H25O5. The number of fused-ring (bicyclic) bond motifs is 1. The van der Waals surface area contributed by atoms with Crippen molar-refractivity contribution in [2.45, 2.75) is 50.9 Å². The van der Waals surface area contributed by atoms with Crippen molar-refractivity contribution in [3.63, 3.8) is 0 Å². The first kappa shape index (κ1) is 17.2. The molecule has 2 heterocycles. The van der Waals surface area contributed by atoms with Gasteiger partial charge in [-0.2, -0.15) is 0 Å². The molecule has 0 N–H and O–H groups in total. The Balaban J connectivity index is 1.45. The van der Waals surface area contributed by atoms with E-state index in [0.717, 1.165) is 12.2 Å². The van der Waals surface area contributed by atoms with Gasteiger partial charge >= 0.3 is 5.97 Å². The summed E-state index contributed by atoms with van der Waals surface area (Å²) in [4.78, 5) is 12.2. The van der Waals surface area contributed by atoms with Gasteiger partial charge in [0.1, 0.15) is 11.9 Å². The highest BCUT2D eigenvalue weighted by molar-refractivity contribution is 5.89. The molecule has 24 heavy (non-hydrogen) atoms. The lowest BCUT2D eigenvalue weighted by Crippen LogP contribution is -2.32. The van der Waals surface area contributed by atoms with Gasteiger partial charge < -0.3 is 18.9 Å². The Morgan fingerprint density at radius 3 is 2.79 bits per heavy atom. The molecule has 0 saturated carbocycles. The lowest BCUT2D eigenvalue weighted by atomic mass is 10.1. The maximum atomic E-state index is 12.2. The summed E-state index contributed by atoms with van der Waals surface area (Å²) in [5.74, 6) is 0.426. The third-order valence-electron chi connectivity index (χ3n) is 4.38. The Bertz CT molecular complexity index is 527. The molecule has 0 amide bonds. The van der Waals surface area contributed by atoms with Crippen LogP contribution in [0.15, 0.2) is 24.3 Å². The van der Waals surface area contributed by atoms with Crippen LogP contribution in [0.4, 0.5) is 0 Å².